The molecule has 3 aromatic carbocycles. The highest BCUT2D eigenvalue weighted by atomic mass is 14.2. The summed E-state index contributed by atoms with van der Waals surface area (Å²) in [4.78, 5) is 0. The predicted octanol–water partition coefficient (Wildman–Crippen LogP) is 5.51. The van der Waals surface area contributed by atoms with Crippen LogP contribution in [0.15, 0.2) is 66.7 Å². The van der Waals surface area contributed by atoms with Gasteiger partial charge in [-0.1, -0.05) is 54.6 Å². The van der Waals surface area contributed by atoms with Crippen LogP contribution >= 0.6 is 0 Å². The van der Waals surface area contributed by atoms with Crippen molar-refractivity contribution in [3.63, 3.8) is 0 Å². The van der Waals surface area contributed by atoms with Crippen LogP contribution in [0.4, 0.5) is 0 Å². The van der Waals surface area contributed by atoms with E-state index in [2.05, 4.69) is 62.4 Å². The van der Waals surface area contributed by atoms with Crippen molar-refractivity contribution in [2.24, 2.45) is 0 Å². The van der Waals surface area contributed by atoms with Gasteiger partial charge in [-0.15, -0.1) is 0 Å². The Balaban J connectivity index is 2.02. The van der Waals surface area contributed by atoms with Crippen LogP contribution in [-0.4, -0.2) is 0 Å². The summed E-state index contributed by atoms with van der Waals surface area (Å²) in [5, 5.41) is 8.89. The van der Waals surface area contributed by atoms with E-state index >= 15 is 0 Å². The maximum atomic E-state index is 8.89. The van der Waals surface area contributed by atoms with Gasteiger partial charge in [0.1, 0.15) is 0 Å². The Hall–Kier alpha value is -2.85. The second-order valence-corrected chi connectivity index (χ2v) is 5.53. The summed E-state index contributed by atoms with van der Waals surface area (Å²) in [5.74, 6) is 0. The standard InChI is InChI=1S/C21H17N/c1-15-5-3-4-6-20(15)19-11-12-21(16(2)13-19)18-9-7-17(14-22)8-10-18/h3-13H,1-2H3. The third kappa shape index (κ3) is 2.64. The van der Waals surface area contributed by atoms with Crippen LogP contribution in [0.3, 0.4) is 0 Å². The molecule has 1 heteroatoms. The Kier molecular flexibility index (Phi) is 3.76. The van der Waals surface area contributed by atoms with Crippen LogP contribution in [0, 0.1) is 25.2 Å². The number of hydrogen-bond donors (Lipinski definition) is 0. The van der Waals surface area contributed by atoms with Gasteiger partial charge in [0.25, 0.3) is 0 Å². The van der Waals surface area contributed by atoms with Crippen LogP contribution in [0.2, 0.25) is 0 Å². The lowest BCUT2D eigenvalue weighted by atomic mass is 9.94. The Morgan fingerprint density at radius 1 is 0.682 bits per heavy atom. The molecule has 0 bridgehead atoms. The Morgan fingerprint density at radius 3 is 1.95 bits per heavy atom. The lowest BCUT2D eigenvalue weighted by molar-refractivity contribution is 1.42. The maximum absolute atomic E-state index is 8.89. The summed E-state index contributed by atoms with van der Waals surface area (Å²) < 4.78 is 0. The summed E-state index contributed by atoms with van der Waals surface area (Å²) in [6.07, 6.45) is 0. The number of rotatable bonds is 2. The van der Waals surface area contributed by atoms with Crippen LogP contribution in [0.25, 0.3) is 22.3 Å². The third-order valence-corrected chi connectivity index (χ3v) is 4.01. The van der Waals surface area contributed by atoms with Crippen molar-refractivity contribution in [1.29, 1.82) is 5.26 Å². The van der Waals surface area contributed by atoms with Gasteiger partial charge < -0.3 is 0 Å². The number of aryl methyl sites for hydroxylation is 2. The number of nitriles is 1. The number of hydrogen-bond acceptors (Lipinski definition) is 1. The summed E-state index contributed by atoms with van der Waals surface area (Å²) in [7, 11) is 0. The zero-order valence-corrected chi connectivity index (χ0v) is 12.8. The molecule has 3 rings (SSSR count). The largest absolute Gasteiger partial charge is 0.192 e. The molecule has 22 heavy (non-hydrogen) atoms. The van der Waals surface area contributed by atoms with Crippen LogP contribution in [0.1, 0.15) is 16.7 Å². The maximum Gasteiger partial charge on any atom is 0.0991 e. The summed E-state index contributed by atoms with van der Waals surface area (Å²) in [5.41, 5.74) is 8.09. The molecule has 0 unspecified atom stereocenters. The molecule has 0 saturated carbocycles. The second-order valence-electron chi connectivity index (χ2n) is 5.53. The molecular formula is C21H17N. The summed E-state index contributed by atoms with van der Waals surface area (Å²) >= 11 is 0. The lowest BCUT2D eigenvalue weighted by Gasteiger charge is -2.11. The first-order chi connectivity index (χ1) is 10.7. The zero-order valence-electron chi connectivity index (χ0n) is 12.8. The SMILES string of the molecule is Cc1ccccc1-c1ccc(-c2ccc(C#N)cc2)c(C)c1. The quantitative estimate of drug-likeness (QED) is 0.608. The van der Waals surface area contributed by atoms with E-state index in [0.717, 1.165) is 5.56 Å². The molecule has 0 amide bonds. The molecule has 0 heterocycles. The van der Waals surface area contributed by atoms with E-state index in [4.69, 9.17) is 5.26 Å². The van der Waals surface area contributed by atoms with E-state index in [1.807, 2.05) is 24.3 Å². The Bertz CT molecular complexity index is 852. The molecule has 106 valence electrons. The normalized spacial score (nSPS) is 10.2. The first-order valence-electron chi connectivity index (χ1n) is 7.36. The summed E-state index contributed by atoms with van der Waals surface area (Å²) in [6, 6.07) is 24.9. The fourth-order valence-electron chi connectivity index (χ4n) is 2.78. The average molecular weight is 283 g/mol. The van der Waals surface area contributed by atoms with Crippen molar-refractivity contribution in [3.05, 3.63) is 83.4 Å². The monoisotopic (exact) mass is 283 g/mol. The van der Waals surface area contributed by atoms with Crippen molar-refractivity contribution in [2.75, 3.05) is 0 Å². The smallest absolute Gasteiger partial charge is 0.0991 e. The minimum atomic E-state index is 0.693. The van der Waals surface area contributed by atoms with Gasteiger partial charge >= 0.3 is 0 Å². The van der Waals surface area contributed by atoms with Crippen molar-refractivity contribution >= 4 is 0 Å². The Morgan fingerprint density at radius 2 is 1.32 bits per heavy atom. The van der Waals surface area contributed by atoms with Gasteiger partial charge in [0.15, 0.2) is 0 Å². The van der Waals surface area contributed by atoms with Gasteiger partial charge in [0.05, 0.1) is 11.6 Å². The predicted molar refractivity (Wildman–Crippen MR) is 91.5 cm³/mol. The molecule has 0 radical (unpaired) electrons. The topological polar surface area (TPSA) is 23.8 Å². The van der Waals surface area contributed by atoms with E-state index in [-0.39, 0.29) is 0 Å². The van der Waals surface area contributed by atoms with Gasteiger partial charge in [-0.2, -0.15) is 5.26 Å². The molecule has 0 aliphatic rings. The average Bonchev–Trinajstić information content (AvgIpc) is 2.55. The fraction of sp³-hybridized carbons (Fsp3) is 0.0952. The van der Waals surface area contributed by atoms with E-state index in [0.29, 0.717) is 5.56 Å². The van der Waals surface area contributed by atoms with Gasteiger partial charge in [-0.05, 0) is 59.4 Å². The number of benzene rings is 3. The molecule has 1 nitrogen and oxygen atoms in total. The van der Waals surface area contributed by atoms with E-state index < -0.39 is 0 Å². The van der Waals surface area contributed by atoms with Crippen molar-refractivity contribution in [1.82, 2.24) is 0 Å². The van der Waals surface area contributed by atoms with Crippen molar-refractivity contribution < 1.29 is 0 Å². The van der Waals surface area contributed by atoms with Crippen LogP contribution < -0.4 is 0 Å². The highest BCUT2D eigenvalue weighted by molar-refractivity contribution is 5.75. The van der Waals surface area contributed by atoms with Gasteiger partial charge in [0, 0.05) is 0 Å². The van der Waals surface area contributed by atoms with E-state index in [1.54, 1.807) is 0 Å². The van der Waals surface area contributed by atoms with Crippen molar-refractivity contribution in [3.8, 4) is 28.3 Å². The molecule has 0 spiro atoms. The molecule has 0 aromatic heterocycles. The molecular weight excluding hydrogens is 266 g/mol. The van der Waals surface area contributed by atoms with E-state index in [9.17, 15) is 0 Å². The first-order valence-corrected chi connectivity index (χ1v) is 7.36. The highest BCUT2D eigenvalue weighted by Crippen LogP contribution is 2.30. The van der Waals surface area contributed by atoms with Gasteiger partial charge in [-0.3, -0.25) is 0 Å². The zero-order chi connectivity index (χ0) is 15.5. The van der Waals surface area contributed by atoms with Gasteiger partial charge in [-0.25, -0.2) is 0 Å². The fourth-order valence-corrected chi connectivity index (χ4v) is 2.78. The molecule has 0 aliphatic carbocycles. The lowest BCUT2D eigenvalue weighted by Crippen LogP contribution is -1.88. The highest BCUT2D eigenvalue weighted by Gasteiger charge is 2.06. The first kappa shape index (κ1) is 14.1. The molecule has 0 atom stereocenters. The molecule has 0 N–H and O–H groups in total. The molecule has 0 saturated heterocycles. The van der Waals surface area contributed by atoms with Crippen LogP contribution in [0.5, 0.6) is 0 Å². The third-order valence-electron chi connectivity index (χ3n) is 4.01. The Labute approximate surface area is 131 Å². The second kappa shape index (κ2) is 5.87. The minimum Gasteiger partial charge on any atom is -0.192 e. The minimum absolute atomic E-state index is 0.693. The van der Waals surface area contributed by atoms with Crippen LogP contribution in [-0.2, 0) is 0 Å². The summed E-state index contributed by atoms with van der Waals surface area (Å²) in [6.45, 7) is 4.27. The molecule has 0 aliphatic heterocycles. The molecule has 0 fully saturated rings. The van der Waals surface area contributed by atoms with Gasteiger partial charge in [0.2, 0.25) is 0 Å². The van der Waals surface area contributed by atoms with Crippen molar-refractivity contribution in [2.45, 2.75) is 13.8 Å². The molecule has 3 aromatic rings. The number of nitrogens with zero attached hydrogens (tertiary/aromatic N) is 1. The van der Waals surface area contributed by atoms with E-state index in [1.165, 1.54) is 27.8 Å².